The molecule has 0 spiro atoms. The van der Waals surface area contributed by atoms with E-state index in [9.17, 15) is 9.90 Å². The maximum atomic E-state index is 11.4. The molecule has 1 aromatic carbocycles. The van der Waals surface area contributed by atoms with Gasteiger partial charge in [0, 0.05) is 0 Å². The minimum absolute atomic E-state index is 0.155. The summed E-state index contributed by atoms with van der Waals surface area (Å²) < 4.78 is 11.9. The first-order valence-electron chi connectivity index (χ1n) is 6.45. The van der Waals surface area contributed by atoms with Crippen molar-refractivity contribution in [3.8, 4) is 0 Å². The highest BCUT2D eigenvalue weighted by Gasteiger charge is 2.14. The summed E-state index contributed by atoms with van der Waals surface area (Å²) >= 11 is 0. The second-order valence-electron chi connectivity index (χ2n) is 4.52. The molecule has 0 aliphatic rings. The highest BCUT2D eigenvalue weighted by atomic mass is 16.5. The molecule has 0 amide bonds. The lowest BCUT2D eigenvalue weighted by molar-refractivity contribution is 0.0563. The molecular weight excluding hydrogens is 272 g/mol. The summed E-state index contributed by atoms with van der Waals surface area (Å²) in [5.41, 5.74) is 1.71. The van der Waals surface area contributed by atoms with Crippen LogP contribution in [0.5, 0.6) is 0 Å². The smallest absolute Gasteiger partial charge is 0.373 e. The number of methoxy groups -OCH3 is 1. The first-order valence-corrected chi connectivity index (χ1v) is 6.45. The van der Waals surface area contributed by atoms with Crippen molar-refractivity contribution in [3.05, 3.63) is 53.7 Å². The second kappa shape index (κ2) is 5.41. The molecule has 3 aromatic rings. The van der Waals surface area contributed by atoms with Gasteiger partial charge in [-0.25, -0.2) is 9.78 Å². The van der Waals surface area contributed by atoms with Crippen LogP contribution in [0.1, 0.15) is 22.1 Å². The average Bonchev–Trinajstić information content (AvgIpc) is 3.12. The molecule has 2 aromatic heterocycles. The molecule has 0 atom stereocenters. The number of carbonyl (C=O) groups is 1. The summed E-state index contributed by atoms with van der Waals surface area (Å²) in [7, 11) is 1.30. The fourth-order valence-corrected chi connectivity index (χ4v) is 2.25. The zero-order valence-electron chi connectivity index (χ0n) is 11.4. The standard InChI is InChI=1S/C15H14N2O4/c1-20-15(19)13-7-6-10(21-13)8-17-12-5-3-2-4-11(12)16-14(17)9-18/h2-7,18H,8-9H2,1H3. The van der Waals surface area contributed by atoms with Crippen LogP contribution in [0.25, 0.3) is 11.0 Å². The molecule has 0 saturated carbocycles. The van der Waals surface area contributed by atoms with Crippen molar-refractivity contribution in [1.29, 1.82) is 0 Å². The maximum Gasteiger partial charge on any atom is 0.373 e. The number of aromatic nitrogens is 2. The molecular formula is C15H14N2O4. The minimum atomic E-state index is -0.515. The van der Waals surface area contributed by atoms with Crippen molar-refractivity contribution >= 4 is 17.0 Å². The Hall–Kier alpha value is -2.60. The van der Waals surface area contributed by atoms with E-state index in [1.165, 1.54) is 7.11 Å². The number of hydrogen-bond donors (Lipinski definition) is 1. The van der Waals surface area contributed by atoms with E-state index >= 15 is 0 Å². The molecule has 1 N–H and O–H groups in total. The normalized spacial score (nSPS) is 11.0. The summed E-state index contributed by atoms with van der Waals surface area (Å²) in [4.78, 5) is 15.8. The van der Waals surface area contributed by atoms with Crippen molar-refractivity contribution in [1.82, 2.24) is 9.55 Å². The van der Waals surface area contributed by atoms with Crippen molar-refractivity contribution < 1.29 is 19.1 Å². The third kappa shape index (κ3) is 2.41. The largest absolute Gasteiger partial charge is 0.463 e. The number of ether oxygens (including phenoxy) is 1. The lowest BCUT2D eigenvalue weighted by Crippen LogP contribution is -2.04. The number of para-hydroxylation sites is 2. The number of carbonyl (C=O) groups excluding carboxylic acids is 1. The Labute approximate surface area is 120 Å². The van der Waals surface area contributed by atoms with E-state index in [0.717, 1.165) is 11.0 Å². The molecule has 0 aliphatic heterocycles. The van der Waals surface area contributed by atoms with E-state index in [1.54, 1.807) is 12.1 Å². The predicted molar refractivity (Wildman–Crippen MR) is 74.8 cm³/mol. The first-order chi connectivity index (χ1) is 10.2. The van der Waals surface area contributed by atoms with Crippen molar-refractivity contribution in [2.75, 3.05) is 7.11 Å². The Morgan fingerprint density at radius 2 is 2.14 bits per heavy atom. The minimum Gasteiger partial charge on any atom is -0.463 e. The zero-order valence-corrected chi connectivity index (χ0v) is 11.4. The first kappa shape index (κ1) is 13.4. The third-order valence-corrected chi connectivity index (χ3v) is 3.24. The van der Waals surface area contributed by atoms with E-state index in [4.69, 9.17) is 4.42 Å². The number of furan rings is 1. The molecule has 0 unspecified atom stereocenters. The molecule has 6 heteroatoms. The Kier molecular flexibility index (Phi) is 3.45. The molecule has 3 rings (SSSR count). The van der Waals surface area contributed by atoms with Gasteiger partial charge in [0.05, 0.1) is 24.7 Å². The summed E-state index contributed by atoms with van der Waals surface area (Å²) in [5, 5.41) is 9.44. The Balaban J connectivity index is 1.97. The highest BCUT2D eigenvalue weighted by molar-refractivity contribution is 5.86. The quantitative estimate of drug-likeness (QED) is 0.742. The van der Waals surface area contributed by atoms with Crippen LogP contribution in [-0.4, -0.2) is 27.7 Å². The number of hydrogen-bond acceptors (Lipinski definition) is 5. The van der Waals surface area contributed by atoms with Gasteiger partial charge in [0.1, 0.15) is 18.2 Å². The number of aliphatic hydroxyl groups excluding tert-OH is 1. The zero-order chi connectivity index (χ0) is 14.8. The van der Waals surface area contributed by atoms with Crippen LogP contribution in [0, 0.1) is 0 Å². The van der Waals surface area contributed by atoms with E-state index in [0.29, 0.717) is 18.1 Å². The molecule has 108 valence electrons. The van der Waals surface area contributed by atoms with Gasteiger partial charge in [-0.05, 0) is 24.3 Å². The van der Waals surface area contributed by atoms with Crippen LogP contribution in [-0.2, 0) is 17.9 Å². The van der Waals surface area contributed by atoms with Gasteiger partial charge in [-0.1, -0.05) is 12.1 Å². The summed E-state index contributed by atoms with van der Waals surface area (Å²) in [6, 6.07) is 10.9. The van der Waals surface area contributed by atoms with E-state index in [-0.39, 0.29) is 12.4 Å². The van der Waals surface area contributed by atoms with Gasteiger partial charge >= 0.3 is 5.97 Å². The number of aliphatic hydroxyl groups is 1. The number of fused-ring (bicyclic) bond motifs is 1. The molecule has 21 heavy (non-hydrogen) atoms. The van der Waals surface area contributed by atoms with Crippen molar-refractivity contribution in [2.24, 2.45) is 0 Å². The van der Waals surface area contributed by atoms with Crippen LogP contribution in [0.3, 0.4) is 0 Å². The Morgan fingerprint density at radius 3 is 2.90 bits per heavy atom. The van der Waals surface area contributed by atoms with Gasteiger partial charge in [-0.2, -0.15) is 0 Å². The Morgan fingerprint density at radius 1 is 1.33 bits per heavy atom. The summed E-state index contributed by atoms with van der Waals surface area (Å²) in [6.45, 7) is 0.215. The van der Waals surface area contributed by atoms with Gasteiger partial charge in [0.25, 0.3) is 0 Å². The van der Waals surface area contributed by atoms with Gasteiger partial charge in [-0.15, -0.1) is 0 Å². The fourth-order valence-electron chi connectivity index (χ4n) is 2.25. The van der Waals surface area contributed by atoms with Crippen LogP contribution in [0.15, 0.2) is 40.8 Å². The van der Waals surface area contributed by atoms with E-state index in [1.807, 2.05) is 28.8 Å². The SMILES string of the molecule is COC(=O)c1ccc(Cn2c(CO)nc3ccccc32)o1. The van der Waals surface area contributed by atoms with Crippen LogP contribution in [0.4, 0.5) is 0 Å². The molecule has 0 aliphatic carbocycles. The van der Waals surface area contributed by atoms with Gasteiger partial charge < -0.3 is 18.8 Å². The lowest BCUT2D eigenvalue weighted by atomic mass is 10.3. The maximum absolute atomic E-state index is 11.4. The molecule has 0 fully saturated rings. The number of imidazole rings is 1. The number of rotatable bonds is 4. The van der Waals surface area contributed by atoms with Crippen LogP contribution < -0.4 is 0 Å². The van der Waals surface area contributed by atoms with Gasteiger partial charge in [0.2, 0.25) is 5.76 Å². The van der Waals surface area contributed by atoms with Gasteiger partial charge in [0.15, 0.2) is 0 Å². The van der Waals surface area contributed by atoms with Crippen LogP contribution in [0.2, 0.25) is 0 Å². The third-order valence-electron chi connectivity index (χ3n) is 3.24. The topological polar surface area (TPSA) is 77.5 Å². The number of nitrogens with zero attached hydrogens (tertiary/aromatic N) is 2. The fraction of sp³-hybridized carbons (Fsp3) is 0.200. The van der Waals surface area contributed by atoms with Gasteiger partial charge in [-0.3, -0.25) is 0 Å². The average molecular weight is 286 g/mol. The Bertz CT molecular complexity index is 788. The van der Waals surface area contributed by atoms with Crippen LogP contribution >= 0.6 is 0 Å². The van der Waals surface area contributed by atoms with Crippen molar-refractivity contribution in [2.45, 2.75) is 13.2 Å². The lowest BCUT2D eigenvalue weighted by Gasteiger charge is -2.05. The molecule has 6 nitrogen and oxygen atoms in total. The molecule has 0 saturated heterocycles. The summed E-state index contributed by atoms with van der Waals surface area (Å²) in [6.07, 6.45) is 0. The molecule has 0 bridgehead atoms. The van der Waals surface area contributed by atoms with Crippen molar-refractivity contribution in [3.63, 3.8) is 0 Å². The number of esters is 1. The predicted octanol–water partition coefficient (Wildman–Crippen LogP) is 1.96. The monoisotopic (exact) mass is 286 g/mol. The molecule has 0 radical (unpaired) electrons. The van der Waals surface area contributed by atoms with E-state index < -0.39 is 5.97 Å². The second-order valence-corrected chi connectivity index (χ2v) is 4.52. The number of benzene rings is 1. The summed E-state index contributed by atoms with van der Waals surface area (Å²) in [5.74, 6) is 0.780. The van der Waals surface area contributed by atoms with E-state index in [2.05, 4.69) is 9.72 Å². The molecule has 2 heterocycles. The highest BCUT2D eigenvalue weighted by Crippen LogP contribution is 2.19.